The van der Waals surface area contributed by atoms with Gasteiger partial charge in [-0.05, 0) is 6.92 Å². The normalized spacial score (nSPS) is 30.4. The molecule has 4 heteroatoms. The third kappa shape index (κ3) is 2.15. The van der Waals surface area contributed by atoms with Crippen molar-refractivity contribution >= 4 is 5.91 Å². The lowest BCUT2D eigenvalue weighted by molar-refractivity contribution is -0.122. The Morgan fingerprint density at radius 2 is 2.55 bits per heavy atom. The zero-order chi connectivity index (χ0) is 8.27. The van der Waals surface area contributed by atoms with Crippen LogP contribution in [0.15, 0.2) is 0 Å². The minimum Gasteiger partial charge on any atom is -0.355 e. The highest BCUT2D eigenvalue weighted by molar-refractivity contribution is 5.82. The first-order valence-corrected chi connectivity index (χ1v) is 3.89. The Kier molecular flexibility index (Phi) is 2.82. The summed E-state index contributed by atoms with van der Waals surface area (Å²) < 4.78 is 12.5. The maximum Gasteiger partial charge on any atom is 0.237 e. The lowest BCUT2D eigenvalue weighted by Crippen LogP contribution is -2.40. The van der Waals surface area contributed by atoms with E-state index < -0.39 is 6.17 Å². The van der Waals surface area contributed by atoms with Gasteiger partial charge in [-0.15, -0.1) is 0 Å². The van der Waals surface area contributed by atoms with E-state index in [-0.39, 0.29) is 11.9 Å². The summed E-state index contributed by atoms with van der Waals surface area (Å²) in [6.45, 7) is 2.76. The lowest BCUT2D eigenvalue weighted by atomic mass is 10.2. The molecule has 0 aromatic heterocycles. The van der Waals surface area contributed by atoms with Crippen LogP contribution < -0.4 is 10.6 Å². The van der Waals surface area contributed by atoms with E-state index in [1.54, 1.807) is 0 Å². The molecule has 1 amide bonds. The first-order valence-electron chi connectivity index (χ1n) is 3.89. The second-order valence-electron chi connectivity index (χ2n) is 2.69. The highest BCUT2D eigenvalue weighted by Gasteiger charge is 2.28. The second kappa shape index (κ2) is 3.67. The number of nitrogens with one attached hydrogen (secondary N) is 2. The van der Waals surface area contributed by atoms with E-state index in [9.17, 15) is 9.18 Å². The van der Waals surface area contributed by atoms with E-state index in [0.717, 1.165) is 0 Å². The number of carbonyl (C=O) groups excluding carboxylic acids is 1. The molecular formula is C7H13FN2O. The molecule has 1 saturated heterocycles. The average molecular weight is 160 g/mol. The van der Waals surface area contributed by atoms with Gasteiger partial charge in [0.15, 0.2) is 0 Å². The molecule has 0 aliphatic carbocycles. The predicted molar refractivity (Wildman–Crippen MR) is 40.0 cm³/mol. The summed E-state index contributed by atoms with van der Waals surface area (Å²) in [5.41, 5.74) is 0. The molecule has 0 unspecified atom stereocenters. The Balaban J connectivity index is 2.31. The van der Waals surface area contributed by atoms with Gasteiger partial charge in [-0.25, -0.2) is 4.39 Å². The van der Waals surface area contributed by atoms with Gasteiger partial charge in [-0.3, -0.25) is 4.79 Å². The zero-order valence-electron chi connectivity index (χ0n) is 6.56. The van der Waals surface area contributed by atoms with Crippen LogP contribution in [-0.4, -0.2) is 31.2 Å². The van der Waals surface area contributed by atoms with Crippen LogP contribution in [0.3, 0.4) is 0 Å². The number of alkyl halides is 1. The molecule has 1 rings (SSSR count). The van der Waals surface area contributed by atoms with E-state index in [0.29, 0.717) is 19.5 Å². The van der Waals surface area contributed by atoms with Crippen LogP contribution in [0.2, 0.25) is 0 Å². The zero-order valence-corrected chi connectivity index (χ0v) is 6.56. The fourth-order valence-electron chi connectivity index (χ4n) is 1.19. The minimum absolute atomic E-state index is 0.0901. The molecule has 0 saturated carbocycles. The van der Waals surface area contributed by atoms with Gasteiger partial charge < -0.3 is 10.6 Å². The molecule has 64 valence electrons. The summed E-state index contributed by atoms with van der Waals surface area (Å²) in [6, 6.07) is -0.315. The highest BCUT2D eigenvalue weighted by atomic mass is 19.1. The van der Waals surface area contributed by atoms with E-state index >= 15 is 0 Å². The molecule has 2 N–H and O–H groups in total. The van der Waals surface area contributed by atoms with Crippen LogP contribution in [-0.2, 0) is 4.79 Å². The van der Waals surface area contributed by atoms with Crippen molar-refractivity contribution in [2.75, 3.05) is 13.1 Å². The van der Waals surface area contributed by atoms with Gasteiger partial charge in [0.1, 0.15) is 6.17 Å². The summed E-state index contributed by atoms with van der Waals surface area (Å²) in [7, 11) is 0. The van der Waals surface area contributed by atoms with Crippen LogP contribution in [0.5, 0.6) is 0 Å². The molecule has 1 aliphatic heterocycles. The number of carbonyl (C=O) groups is 1. The number of likely N-dealkylation sites (N-methyl/N-ethyl adjacent to an activating group) is 1. The van der Waals surface area contributed by atoms with Crippen molar-refractivity contribution < 1.29 is 9.18 Å². The topological polar surface area (TPSA) is 41.1 Å². The van der Waals surface area contributed by atoms with E-state index in [1.807, 2.05) is 6.92 Å². The molecule has 3 nitrogen and oxygen atoms in total. The molecule has 1 fully saturated rings. The molecule has 0 aromatic carbocycles. The van der Waals surface area contributed by atoms with Crippen molar-refractivity contribution in [3.05, 3.63) is 0 Å². The summed E-state index contributed by atoms with van der Waals surface area (Å²) in [4.78, 5) is 11.1. The molecule has 1 heterocycles. The molecule has 0 bridgehead atoms. The predicted octanol–water partition coefficient (Wildman–Crippen LogP) is -0.177. The Bertz CT molecular complexity index is 151. The second-order valence-corrected chi connectivity index (χ2v) is 2.69. The first-order chi connectivity index (χ1) is 5.24. The highest BCUT2D eigenvalue weighted by Crippen LogP contribution is 2.09. The number of halogens is 1. The fourth-order valence-corrected chi connectivity index (χ4v) is 1.19. The van der Waals surface area contributed by atoms with Gasteiger partial charge in [0.05, 0.1) is 6.04 Å². The van der Waals surface area contributed by atoms with Gasteiger partial charge in [0, 0.05) is 19.5 Å². The van der Waals surface area contributed by atoms with Crippen LogP contribution in [0, 0.1) is 0 Å². The van der Waals surface area contributed by atoms with Crippen molar-refractivity contribution in [3.63, 3.8) is 0 Å². The monoisotopic (exact) mass is 160 g/mol. The standard InChI is InChI=1S/C7H13FN2O/c1-2-9-7(11)6-3-5(8)4-10-6/h5-6,10H,2-4H2,1H3,(H,9,11)/t5-,6-/m1/s1. The van der Waals surface area contributed by atoms with Crippen LogP contribution in [0.1, 0.15) is 13.3 Å². The van der Waals surface area contributed by atoms with Crippen molar-refractivity contribution in [1.29, 1.82) is 0 Å². The Morgan fingerprint density at radius 3 is 3.00 bits per heavy atom. The Hall–Kier alpha value is -0.640. The average Bonchev–Trinajstić information content (AvgIpc) is 2.36. The van der Waals surface area contributed by atoms with Crippen molar-refractivity contribution in [2.24, 2.45) is 0 Å². The van der Waals surface area contributed by atoms with Gasteiger partial charge in [-0.2, -0.15) is 0 Å². The summed E-state index contributed by atoms with van der Waals surface area (Å²) in [5, 5.41) is 5.44. The molecule has 0 spiro atoms. The first kappa shape index (κ1) is 8.46. The van der Waals surface area contributed by atoms with Gasteiger partial charge in [0.2, 0.25) is 5.91 Å². The van der Waals surface area contributed by atoms with Crippen LogP contribution in [0.4, 0.5) is 4.39 Å². The van der Waals surface area contributed by atoms with Gasteiger partial charge in [0.25, 0.3) is 0 Å². The SMILES string of the molecule is CCNC(=O)[C@H]1C[C@@H](F)CN1. The number of hydrogen-bond donors (Lipinski definition) is 2. The van der Waals surface area contributed by atoms with Gasteiger partial charge in [-0.1, -0.05) is 0 Å². The third-order valence-electron chi connectivity index (χ3n) is 1.74. The summed E-state index contributed by atoms with van der Waals surface area (Å²) >= 11 is 0. The fraction of sp³-hybridized carbons (Fsp3) is 0.857. The maximum absolute atomic E-state index is 12.5. The van der Waals surface area contributed by atoms with Crippen LogP contribution >= 0.6 is 0 Å². The van der Waals surface area contributed by atoms with Crippen molar-refractivity contribution in [2.45, 2.75) is 25.6 Å². The quantitative estimate of drug-likeness (QED) is 0.588. The Labute approximate surface area is 65.3 Å². The molecule has 2 atom stereocenters. The largest absolute Gasteiger partial charge is 0.355 e. The van der Waals surface area contributed by atoms with E-state index in [4.69, 9.17) is 0 Å². The molecular weight excluding hydrogens is 147 g/mol. The van der Waals surface area contributed by atoms with E-state index in [1.165, 1.54) is 0 Å². The number of hydrogen-bond acceptors (Lipinski definition) is 2. The van der Waals surface area contributed by atoms with Gasteiger partial charge >= 0.3 is 0 Å². The van der Waals surface area contributed by atoms with E-state index in [2.05, 4.69) is 10.6 Å². The summed E-state index contributed by atoms with van der Waals surface area (Å²) in [5.74, 6) is -0.0901. The molecule has 0 aromatic rings. The molecule has 1 aliphatic rings. The lowest BCUT2D eigenvalue weighted by Gasteiger charge is -2.08. The van der Waals surface area contributed by atoms with Crippen molar-refractivity contribution in [3.8, 4) is 0 Å². The molecule has 11 heavy (non-hydrogen) atoms. The number of amides is 1. The maximum atomic E-state index is 12.5. The van der Waals surface area contributed by atoms with Crippen molar-refractivity contribution in [1.82, 2.24) is 10.6 Å². The Morgan fingerprint density at radius 1 is 1.82 bits per heavy atom. The third-order valence-corrected chi connectivity index (χ3v) is 1.74. The molecule has 0 radical (unpaired) electrons. The summed E-state index contributed by atoms with van der Waals surface area (Å²) in [6.07, 6.45) is -0.547. The minimum atomic E-state index is -0.859. The number of rotatable bonds is 2. The van der Waals surface area contributed by atoms with Crippen LogP contribution in [0.25, 0.3) is 0 Å². The smallest absolute Gasteiger partial charge is 0.237 e.